The number of rotatable bonds is 4. The van der Waals surface area contributed by atoms with Crippen LogP contribution >= 0.6 is 0 Å². The van der Waals surface area contributed by atoms with Gasteiger partial charge in [0.1, 0.15) is 6.10 Å². The Kier molecular flexibility index (Phi) is 4.59. The molecule has 2 aliphatic rings. The first-order valence-electron chi connectivity index (χ1n) is 6.96. The molecule has 0 aromatic heterocycles. The van der Waals surface area contributed by atoms with Crippen LogP contribution in [-0.4, -0.2) is 41.9 Å². The molecule has 104 valence electrons. The molecular formula is C13H24N2O3. The molecule has 1 aliphatic carbocycles. The third kappa shape index (κ3) is 3.43. The normalized spacial score (nSPS) is 29.1. The predicted octanol–water partition coefficient (Wildman–Crippen LogP) is 0.304. The summed E-state index contributed by atoms with van der Waals surface area (Å²) in [6.07, 6.45) is 6.92. The molecule has 2 rings (SSSR count). The van der Waals surface area contributed by atoms with Crippen molar-refractivity contribution in [3.05, 3.63) is 0 Å². The van der Waals surface area contributed by atoms with Gasteiger partial charge < -0.3 is 20.9 Å². The second kappa shape index (κ2) is 5.99. The van der Waals surface area contributed by atoms with Gasteiger partial charge in [-0.1, -0.05) is 19.3 Å². The highest BCUT2D eigenvalue weighted by Crippen LogP contribution is 2.38. The lowest BCUT2D eigenvalue weighted by molar-refractivity contribution is -0.126. The smallest absolute Gasteiger partial charge is 0.247 e. The van der Waals surface area contributed by atoms with Gasteiger partial charge in [0.25, 0.3) is 0 Å². The van der Waals surface area contributed by atoms with Gasteiger partial charge in [-0.15, -0.1) is 0 Å². The zero-order chi connectivity index (χ0) is 13.0. The third-order valence-corrected chi connectivity index (χ3v) is 4.19. The molecule has 1 heterocycles. The first-order valence-corrected chi connectivity index (χ1v) is 6.96. The summed E-state index contributed by atoms with van der Waals surface area (Å²) in [4.78, 5) is 10.8. The second-order valence-electron chi connectivity index (χ2n) is 5.61. The fourth-order valence-corrected chi connectivity index (χ4v) is 3.13. The van der Waals surface area contributed by atoms with E-state index in [1.165, 1.54) is 19.3 Å². The van der Waals surface area contributed by atoms with E-state index in [9.17, 15) is 9.90 Å². The van der Waals surface area contributed by atoms with Crippen LogP contribution in [-0.2, 0) is 9.53 Å². The Hall–Kier alpha value is -0.650. The Morgan fingerprint density at radius 1 is 1.44 bits per heavy atom. The summed E-state index contributed by atoms with van der Waals surface area (Å²) >= 11 is 0. The lowest BCUT2D eigenvalue weighted by atomic mass is 9.78. The maximum absolute atomic E-state index is 10.8. The van der Waals surface area contributed by atoms with Gasteiger partial charge in [0, 0.05) is 19.2 Å². The van der Waals surface area contributed by atoms with Crippen molar-refractivity contribution in [3.63, 3.8) is 0 Å². The summed E-state index contributed by atoms with van der Waals surface area (Å²) in [5.41, 5.74) is 5.08. The number of hydrogen-bond acceptors (Lipinski definition) is 4. The molecule has 1 amide bonds. The number of carbonyl (C=O) groups excluding carboxylic acids is 1. The van der Waals surface area contributed by atoms with E-state index in [-0.39, 0.29) is 12.1 Å². The van der Waals surface area contributed by atoms with Gasteiger partial charge in [-0.25, -0.2) is 0 Å². The number of carbonyl (C=O) groups is 1. The highest BCUT2D eigenvalue weighted by molar-refractivity contribution is 5.78. The lowest BCUT2D eigenvalue weighted by Gasteiger charge is -2.43. The van der Waals surface area contributed by atoms with Crippen molar-refractivity contribution in [2.75, 3.05) is 13.2 Å². The molecule has 4 N–H and O–H groups in total. The lowest BCUT2D eigenvalue weighted by Crippen LogP contribution is -2.50. The summed E-state index contributed by atoms with van der Waals surface area (Å²) in [5.74, 6) is -0.665. The molecule has 5 nitrogen and oxygen atoms in total. The molecule has 0 aromatic carbocycles. The summed E-state index contributed by atoms with van der Waals surface area (Å²) in [7, 11) is 0. The first-order chi connectivity index (χ1) is 8.61. The van der Waals surface area contributed by atoms with E-state index in [0.29, 0.717) is 6.04 Å². The second-order valence-corrected chi connectivity index (χ2v) is 5.61. The van der Waals surface area contributed by atoms with Crippen molar-refractivity contribution in [1.29, 1.82) is 0 Å². The molecule has 2 fully saturated rings. The molecule has 5 heteroatoms. The van der Waals surface area contributed by atoms with Gasteiger partial charge in [0.15, 0.2) is 0 Å². The van der Waals surface area contributed by atoms with Gasteiger partial charge in [0.05, 0.1) is 5.60 Å². The fraction of sp³-hybridized carbons (Fsp3) is 0.923. The number of aliphatic hydroxyl groups is 1. The van der Waals surface area contributed by atoms with Crippen molar-refractivity contribution in [2.24, 2.45) is 5.73 Å². The average Bonchev–Trinajstić information content (AvgIpc) is 2.37. The molecule has 0 bridgehead atoms. The van der Waals surface area contributed by atoms with Crippen molar-refractivity contribution < 1.29 is 14.6 Å². The quantitative estimate of drug-likeness (QED) is 0.675. The maximum atomic E-state index is 10.8. The van der Waals surface area contributed by atoms with Crippen LogP contribution in [0.2, 0.25) is 0 Å². The summed E-state index contributed by atoms with van der Waals surface area (Å²) in [5, 5.41) is 12.6. The standard InChI is InChI=1S/C13H24N2O3/c14-12(17)11(16)9-15-10-4-7-18-13(8-10)5-2-1-3-6-13/h10-11,15-16H,1-9H2,(H2,14,17). The van der Waals surface area contributed by atoms with E-state index in [1.54, 1.807) is 0 Å². The minimum absolute atomic E-state index is 0.0475. The number of nitrogens with two attached hydrogens (primary N) is 1. The molecule has 2 atom stereocenters. The summed E-state index contributed by atoms with van der Waals surface area (Å²) < 4.78 is 6.00. The molecular weight excluding hydrogens is 232 g/mol. The predicted molar refractivity (Wildman–Crippen MR) is 68.0 cm³/mol. The first kappa shape index (κ1) is 13.8. The highest BCUT2D eigenvalue weighted by Gasteiger charge is 2.38. The van der Waals surface area contributed by atoms with Crippen LogP contribution in [0, 0.1) is 0 Å². The minimum Gasteiger partial charge on any atom is -0.382 e. The number of amides is 1. The number of primary amides is 1. The number of aliphatic hydroxyl groups excluding tert-OH is 1. The molecule has 18 heavy (non-hydrogen) atoms. The number of hydrogen-bond donors (Lipinski definition) is 3. The van der Waals surface area contributed by atoms with E-state index >= 15 is 0 Å². The van der Waals surface area contributed by atoms with Crippen LogP contribution < -0.4 is 11.1 Å². The number of ether oxygens (including phenoxy) is 1. The summed E-state index contributed by atoms with van der Waals surface area (Å²) in [6.45, 7) is 1.01. The Labute approximate surface area is 108 Å². The van der Waals surface area contributed by atoms with Gasteiger partial charge >= 0.3 is 0 Å². The van der Waals surface area contributed by atoms with Crippen molar-refractivity contribution in [1.82, 2.24) is 5.32 Å². The van der Waals surface area contributed by atoms with E-state index in [1.807, 2.05) is 0 Å². The largest absolute Gasteiger partial charge is 0.382 e. The fourth-order valence-electron chi connectivity index (χ4n) is 3.13. The van der Waals surface area contributed by atoms with Crippen LogP contribution in [0.15, 0.2) is 0 Å². The minimum atomic E-state index is -1.09. The van der Waals surface area contributed by atoms with Crippen LogP contribution in [0.5, 0.6) is 0 Å². The molecule has 1 saturated carbocycles. The van der Waals surface area contributed by atoms with Gasteiger partial charge in [0.2, 0.25) is 5.91 Å². The van der Waals surface area contributed by atoms with Crippen molar-refractivity contribution in [2.45, 2.75) is 62.7 Å². The third-order valence-electron chi connectivity index (χ3n) is 4.19. The van der Waals surface area contributed by atoms with Crippen LogP contribution in [0.25, 0.3) is 0 Å². The Morgan fingerprint density at radius 2 is 2.17 bits per heavy atom. The van der Waals surface area contributed by atoms with Gasteiger partial charge in [-0.05, 0) is 25.7 Å². The van der Waals surface area contributed by atoms with E-state index in [2.05, 4.69) is 5.32 Å². The Balaban J connectivity index is 1.81. The molecule has 1 spiro atoms. The van der Waals surface area contributed by atoms with Crippen molar-refractivity contribution in [3.8, 4) is 0 Å². The van der Waals surface area contributed by atoms with E-state index in [0.717, 1.165) is 32.3 Å². The molecule has 1 saturated heterocycles. The van der Waals surface area contributed by atoms with Crippen LogP contribution in [0.3, 0.4) is 0 Å². The zero-order valence-corrected chi connectivity index (χ0v) is 10.9. The van der Waals surface area contributed by atoms with E-state index in [4.69, 9.17) is 10.5 Å². The molecule has 0 radical (unpaired) electrons. The van der Waals surface area contributed by atoms with Gasteiger partial charge in [-0.3, -0.25) is 4.79 Å². The maximum Gasteiger partial charge on any atom is 0.247 e. The van der Waals surface area contributed by atoms with Crippen LogP contribution in [0.4, 0.5) is 0 Å². The zero-order valence-electron chi connectivity index (χ0n) is 10.9. The average molecular weight is 256 g/mol. The van der Waals surface area contributed by atoms with Crippen LogP contribution in [0.1, 0.15) is 44.9 Å². The SMILES string of the molecule is NC(=O)C(O)CNC1CCOC2(CCCCC2)C1. The Morgan fingerprint density at radius 3 is 2.83 bits per heavy atom. The number of nitrogens with one attached hydrogen (secondary N) is 1. The summed E-state index contributed by atoms with van der Waals surface area (Å²) in [6, 6.07) is 0.325. The highest BCUT2D eigenvalue weighted by atomic mass is 16.5. The molecule has 2 unspecified atom stereocenters. The monoisotopic (exact) mass is 256 g/mol. The molecule has 0 aromatic rings. The van der Waals surface area contributed by atoms with Crippen molar-refractivity contribution >= 4 is 5.91 Å². The van der Waals surface area contributed by atoms with E-state index < -0.39 is 12.0 Å². The Bertz CT molecular complexity index is 284. The topological polar surface area (TPSA) is 84.6 Å². The van der Waals surface area contributed by atoms with Gasteiger partial charge in [-0.2, -0.15) is 0 Å². The molecule has 1 aliphatic heterocycles.